The molecule has 0 bridgehead atoms. The minimum atomic E-state index is -0.593. The number of nitrogens with zero attached hydrogens (tertiary/aromatic N) is 2. The summed E-state index contributed by atoms with van der Waals surface area (Å²) in [5.41, 5.74) is 0.656. The van der Waals surface area contributed by atoms with Crippen LogP contribution >= 0.6 is 11.3 Å². The van der Waals surface area contributed by atoms with Crippen molar-refractivity contribution in [2.45, 2.75) is 6.92 Å². The molecule has 0 unspecified atom stereocenters. The maximum absolute atomic E-state index is 12.2. The van der Waals surface area contributed by atoms with Crippen molar-refractivity contribution in [1.29, 1.82) is 5.26 Å². The Morgan fingerprint density at radius 1 is 1.33 bits per heavy atom. The molecule has 0 aliphatic rings. The maximum Gasteiger partial charge on any atom is 0.348 e. The predicted molar refractivity (Wildman–Crippen MR) is 86.2 cm³/mol. The smallest absolute Gasteiger partial charge is 0.348 e. The van der Waals surface area contributed by atoms with E-state index in [1.807, 2.05) is 6.07 Å². The molecule has 0 spiro atoms. The second kappa shape index (κ2) is 6.89. The highest BCUT2D eigenvalue weighted by Crippen LogP contribution is 2.33. The first-order valence-electron chi connectivity index (χ1n) is 6.56. The lowest BCUT2D eigenvalue weighted by Crippen LogP contribution is -2.11. The third kappa shape index (κ3) is 3.23. The van der Waals surface area contributed by atoms with E-state index in [0.29, 0.717) is 5.56 Å². The van der Waals surface area contributed by atoms with E-state index in [2.05, 4.69) is 10.1 Å². The van der Waals surface area contributed by atoms with Gasteiger partial charge in [-0.15, -0.1) is 11.3 Å². The van der Waals surface area contributed by atoms with Gasteiger partial charge in [0.05, 0.1) is 17.6 Å². The van der Waals surface area contributed by atoms with Gasteiger partial charge in [-0.2, -0.15) is 5.26 Å². The summed E-state index contributed by atoms with van der Waals surface area (Å²) in [6.45, 7) is 1.59. The Morgan fingerprint density at radius 2 is 1.96 bits per heavy atom. The topological polar surface area (TPSA) is 122 Å². The Hall–Kier alpha value is -3.25. The number of anilines is 1. The molecule has 1 aromatic heterocycles. The molecule has 0 radical (unpaired) electrons. The molecule has 1 N–H and O–H groups in total. The number of ether oxygens (including phenoxy) is 1. The Morgan fingerprint density at radius 3 is 2.46 bits per heavy atom. The van der Waals surface area contributed by atoms with Gasteiger partial charge in [-0.05, 0) is 24.6 Å². The van der Waals surface area contributed by atoms with Crippen LogP contribution in [0.5, 0.6) is 0 Å². The summed E-state index contributed by atoms with van der Waals surface area (Å²) >= 11 is 0.937. The van der Waals surface area contributed by atoms with E-state index in [1.165, 1.54) is 31.4 Å². The summed E-state index contributed by atoms with van der Waals surface area (Å²) in [7, 11) is 1.22. The van der Waals surface area contributed by atoms with Crippen molar-refractivity contribution in [3.05, 3.63) is 55.9 Å². The first-order chi connectivity index (χ1) is 11.4. The predicted octanol–water partition coefficient (Wildman–Crippen LogP) is 2.88. The first-order valence-corrected chi connectivity index (χ1v) is 7.38. The molecule has 1 amide bonds. The second-order valence-corrected chi connectivity index (χ2v) is 5.64. The van der Waals surface area contributed by atoms with E-state index in [1.54, 1.807) is 6.92 Å². The fourth-order valence-corrected chi connectivity index (χ4v) is 3.00. The van der Waals surface area contributed by atoms with Crippen LogP contribution in [0.3, 0.4) is 0 Å². The van der Waals surface area contributed by atoms with Crippen molar-refractivity contribution in [2.75, 3.05) is 12.4 Å². The fourth-order valence-electron chi connectivity index (χ4n) is 1.93. The zero-order valence-electron chi connectivity index (χ0n) is 12.7. The van der Waals surface area contributed by atoms with Crippen molar-refractivity contribution < 1.29 is 19.2 Å². The van der Waals surface area contributed by atoms with Crippen LogP contribution in [0, 0.1) is 28.4 Å². The van der Waals surface area contributed by atoms with Crippen LogP contribution < -0.4 is 5.32 Å². The van der Waals surface area contributed by atoms with Gasteiger partial charge in [0.1, 0.15) is 15.9 Å². The van der Waals surface area contributed by atoms with E-state index in [0.717, 1.165) is 11.3 Å². The first kappa shape index (κ1) is 17.1. The average molecular weight is 345 g/mol. The molecule has 9 heteroatoms. The summed E-state index contributed by atoms with van der Waals surface area (Å²) in [4.78, 5) is 34.2. The molecular formula is C15H11N3O5S. The number of nitro groups is 1. The van der Waals surface area contributed by atoms with Gasteiger partial charge in [-0.3, -0.25) is 14.9 Å². The molecule has 122 valence electrons. The standard InChI is InChI=1S/C15H11N3O5S/c1-8-11(7-16)14(24-12(8)15(20)23-2)17-13(19)9-3-5-10(6-4-9)18(21)22/h3-6H,1-2H3,(H,17,19). The maximum atomic E-state index is 12.2. The van der Waals surface area contributed by atoms with Gasteiger partial charge in [0.15, 0.2) is 0 Å². The van der Waals surface area contributed by atoms with Crippen molar-refractivity contribution in [3.8, 4) is 6.07 Å². The lowest BCUT2D eigenvalue weighted by Gasteiger charge is -2.03. The van der Waals surface area contributed by atoms with Crippen LogP contribution in [-0.4, -0.2) is 23.9 Å². The van der Waals surface area contributed by atoms with Gasteiger partial charge < -0.3 is 10.1 Å². The van der Waals surface area contributed by atoms with E-state index < -0.39 is 16.8 Å². The van der Waals surface area contributed by atoms with Crippen LogP contribution in [0.4, 0.5) is 10.7 Å². The highest BCUT2D eigenvalue weighted by molar-refractivity contribution is 7.18. The van der Waals surface area contributed by atoms with Crippen molar-refractivity contribution in [1.82, 2.24) is 0 Å². The Balaban J connectivity index is 2.30. The van der Waals surface area contributed by atoms with Crippen LogP contribution in [0.25, 0.3) is 0 Å². The number of thiophene rings is 1. The molecule has 24 heavy (non-hydrogen) atoms. The van der Waals surface area contributed by atoms with Crippen LogP contribution in [0.15, 0.2) is 24.3 Å². The van der Waals surface area contributed by atoms with E-state index >= 15 is 0 Å². The summed E-state index contributed by atoms with van der Waals surface area (Å²) in [5, 5.41) is 22.6. The molecule has 0 atom stereocenters. The number of benzene rings is 1. The van der Waals surface area contributed by atoms with Crippen LogP contribution in [-0.2, 0) is 4.74 Å². The number of non-ortho nitro benzene ring substituents is 1. The fraction of sp³-hybridized carbons (Fsp3) is 0.133. The molecular weight excluding hydrogens is 334 g/mol. The van der Waals surface area contributed by atoms with Crippen LogP contribution in [0.2, 0.25) is 0 Å². The zero-order valence-corrected chi connectivity index (χ0v) is 13.5. The number of methoxy groups -OCH3 is 1. The van der Waals surface area contributed by atoms with Crippen LogP contribution in [0.1, 0.15) is 31.2 Å². The molecule has 0 aliphatic carbocycles. The van der Waals surface area contributed by atoms with Crippen molar-refractivity contribution in [3.63, 3.8) is 0 Å². The third-order valence-corrected chi connectivity index (χ3v) is 4.38. The summed E-state index contributed by atoms with van der Waals surface area (Å²) in [6, 6.07) is 6.97. The summed E-state index contributed by atoms with van der Waals surface area (Å²) in [5.74, 6) is -1.14. The summed E-state index contributed by atoms with van der Waals surface area (Å²) < 4.78 is 4.64. The SMILES string of the molecule is COC(=O)c1sc(NC(=O)c2ccc([N+](=O)[O-])cc2)c(C#N)c1C. The molecule has 0 fully saturated rings. The molecule has 2 aromatic rings. The number of nitro benzene ring substituents is 1. The van der Waals surface area contributed by atoms with Gasteiger partial charge in [-0.25, -0.2) is 4.79 Å². The monoisotopic (exact) mass is 345 g/mol. The van der Waals surface area contributed by atoms with E-state index in [4.69, 9.17) is 0 Å². The largest absolute Gasteiger partial charge is 0.465 e. The Bertz CT molecular complexity index is 864. The number of nitriles is 1. The molecule has 1 aromatic carbocycles. The van der Waals surface area contributed by atoms with Gasteiger partial charge in [-0.1, -0.05) is 0 Å². The highest BCUT2D eigenvalue weighted by Gasteiger charge is 2.22. The number of carbonyl (C=O) groups excluding carboxylic acids is 2. The van der Waals surface area contributed by atoms with Gasteiger partial charge in [0, 0.05) is 17.7 Å². The molecule has 1 heterocycles. The third-order valence-electron chi connectivity index (χ3n) is 3.20. The Kier molecular flexibility index (Phi) is 4.91. The minimum Gasteiger partial charge on any atom is -0.465 e. The lowest BCUT2D eigenvalue weighted by atomic mass is 10.1. The normalized spacial score (nSPS) is 9.88. The van der Waals surface area contributed by atoms with Gasteiger partial charge in [0.2, 0.25) is 0 Å². The quantitative estimate of drug-likeness (QED) is 0.516. The number of hydrogen-bond donors (Lipinski definition) is 1. The molecule has 2 rings (SSSR count). The number of carbonyl (C=O) groups is 2. The van der Waals surface area contributed by atoms with Crippen molar-refractivity contribution in [2.24, 2.45) is 0 Å². The van der Waals surface area contributed by atoms with Crippen molar-refractivity contribution >= 4 is 33.9 Å². The summed E-state index contributed by atoms with van der Waals surface area (Å²) in [6.07, 6.45) is 0. The number of hydrogen-bond acceptors (Lipinski definition) is 7. The number of amides is 1. The van der Waals surface area contributed by atoms with E-state index in [9.17, 15) is 25.0 Å². The Labute approximate surface area is 140 Å². The minimum absolute atomic E-state index is 0.135. The average Bonchev–Trinajstić information content (AvgIpc) is 2.89. The number of nitrogens with one attached hydrogen (secondary N) is 1. The molecule has 0 aliphatic heterocycles. The molecule has 0 saturated carbocycles. The molecule has 0 saturated heterocycles. The lowest BCUT2D eigenvalue weighted by molar-refractivity contribution is -0.384. The zero-order chi connectivity index (χ0) is 17.9. The number of esters is 1. The van der Waals surface area contributed by atoms with E-state index in [-0.39, 0.29) is 26.7 Å². The van der Waals surface area contributed by atoms with Gasteiger partial charge in [0.25, 0.3) is 11.6 Å². The highest BCUT2D eigenvalue weighted by atomic mass is 32.1. The molecule has 8 nitrogen and oxygen atoms in total. The number of rotatable bonds is 4. The van der Waals surface area contributed by atoms with Gasteiger partial charge >= 0.3 is 5.97 Å². The second-order valence-electron chi connectivity index (χ2n) is 4.62.